The predicted octanol–water partition coefficient (Wildman–Crippen LogP) is 4.11. The molecule has 1 atom stereocenters. The standard InChI is InChI=1S/C26H30N4O4S2/c31-24-18-29(36(33,34)23-12-6-10-20-9-4-5-11-21(20)23)14-15-30(24)22(17-19-7-2-1-3-8-19)25(32)28-26-27-13-16-35-26/h4-6,9-13,16,19,22H,1-3,7-8,14-15,17-18H2,(H,27,28,32). The third-order valence-electron chi connectivity index (χ3n) is 7.21. The number of hydrogen-bond donors (Lipinski definition) is 1. The highest BCUT2D eigenvalue weighted by Crippen LogP contribution is 2.31. The maximum Gasteiger partial charge on any atom is 0.248 e. The van der Waals surface area contributed by atoms with E-state index in [2.05, 4.69) is 10.3 Å². The third kappa shape index (κ3) is 5.16. The van der Waals surface area contributed by atoms with Crippen molar-refractivity contribution in [3.05, 3.63) is 54.0 Å². The summed E-state index contributed by atoms with van der Waals surface area (Å²) in [5.74, 6) is -0.231. The molecule has 0 bridgehead atoms. The molecule has 2 heterocycles. The number of piperazine rings is 1. The van der Waals surface area contributed by atoms with Gasteiger partial charge >= 0.3 is 0 Å². The predicted molar refractivity (Wildman–Crippen MR) is 140 cm³/mol. The topological polar surface area (TPSA) is 99.7 Å². The zero-order chi connectivity index (χ0) is 25.1. The van der Waals surface area contributed by atoms with Gasteiger partial charge in [0.1, 0.15) is 6.04 Å². The molecule has 190 valence electrons. The normalized spacial score (nSPS) is 18.9. The molecule has 5 rings (SSSR count). The molecule has 36 heavy (non-hydrogen) atoms. The van der Waals surface area contributed by atoms with Gasteiger partial charge in [0.2, 0.25) is 21.8 Å². The Morgan fingerprint density at radius 2 is 1.86 bits per heavy atom. The van der Waals surface area contributed by atoms with Crippen LogP contribution in [0.4, 0.5) is 5.13 Å². The summed E-state index contributed by atoms with van der Waals surface area (Å²) >= 11 is 1.33. The molecule has 2 aliphatic rings. The molecule has 1 saturated carbocycles. The Kier molecular flexibility index (Phi) is 7.36. The minimum Gasteiger partial charge on any atom is -0.328 e. The fourth-order valence-corrected chi connectivity index (χ4v) is 7.47. The van der Waals surface area contributed by atoms with Crippen molar-refractivity contribution in [2.45, 2.75) is 49.5 Å². The van der Waals surface area contributed by atoms with E-state index in [-0.39, 0.29) is 36.3 Å². The smallest absolute Gasteiger partial charge is 0.248 e. The minimum atomic E-state index is -3.88. The van der Waals surface area contributed by atoms with Crippen molar-refractivity contribution < 1.29 is 18.0 Å². The molecule has 1 aromatic heterocycles. The van der Waals surface area contributed by atoms with E-state index < -0.39 is 16.1 Å². The van der Waals surface area contributed by atoms with Crippen molar-refractivity contribution >= 4 is 49.1 Å². The van der Waals surface area contributed by atoms with Crippen molar-refractivity contribution in [3.8, 4) is 0 Å². The number of benzene rings is 2. The Balaban J connectivity index is 1.36. The average Bonchev–Trinajstić information content (AvgIpc) is 3.40. The second-order valence-corrected chi connectivity index (χ2v) is 12.3. The lowest BCUT2D eigenvalue weighted by atomic mass is 9.84. The van der Waals surface area contributed by atoms with Gasteiger partial charge in [0.25, 0.3) is 0 Å². The van der Waals surface area contributed by atoms with Gasteiger partial charge in [0, 0.05) is 30.1 Å². The number of hydrogen-bond acceptors (Lipinski definition) is 6. The maximum atomic E-state index is 13.6. The average molecular weight is 527 g/mol. The van der Waals surface area contributed by atoms with Crippen LogP contribution in [0.5, 0.6) is 0 Å². The van der Waals surface area contributed by atoms with Crippen LogP contribution in [-0.4, -0.2) is 60.1 Å². The molecule has 0 radical (unpaired) electrons. The van der Waals surface area contributed by atoms with Gasteiger partial charge in [-0.05, 0) is 23.8 Å². The first-order valence-electron chi connectivity index (χ1n) is 12.4. The molecule has 2 aromatic carbocycles. The van der Waals surface area contributed by atoms with Crippen molar-refractivity contribution in [3.63, 3.8) is 0 Å². The lowest BCUT2D eigenvalue weighted by molar-refractivity contribution is -0.142. The zero-order valence-electron chi connectivity index (χ0n) is 20.0. The third-order valence-corrected chi connectivity index (χ3v) is 9.80. The maximum absolute atomic E-state index is 13.6. The summed E-state index contributed by atoms with van der Waals surface area (Å²) in [6.45, 7) is 0.0335. The summed E-state index contributed by atoms with van der Waals surface area (Å²) < 4.78 is 28.3. The number of thiazole rings is 1. The first-order valence-corrected chi connectivity index (χ1v) is 14.7. The highest BCUT2D eigenvalue weighted by atomic mass is 32.2. The number of nitrogens with zero attached hydrogens (tertiary/aromatic N) is 3. The molecule has 3 aromatic rings. The number of sulfonamides is 1. The second kappa shape index (κ2) is 10.7. The first kappa shape index (κ1) is 24.9. The quantitative estimate of drug-likeness (QED) is 0.500. The molecule has 1 aliphatic carbocycles. The summed E-state index contributed by atoms with van der Waals surface area (Å²) in [6.07, 6.45) is 7.77. The lowest BCUT2D eigenvalue weighted by Gasteiger charge is -2.39. The van der Waals surface area contributed by atoms with Crippen LogP contribution in [0.15, 0.2) is 58.9 Å². The van der Waals surface area contributed by atoms with E-state index in [4.69, 9.17) is 0 Å². The molecule has 2 amide bonds. The van der Waals surface area contributed by atoms with E-state index >= 15 is 0 Å². The molecule has 8 nitrogen and oxygen atoms in total. The van der Waals surface area contributed by atoms with Crippen LogP contribution >= 0.6 is 11.3 Å². The van der Waals surface area contributed by atoms with Gasteiger partial charge in [-0.1, -0.05) is 68.5 Å². The molecule has 0 spiro atoms. The molecule has 1 aliphatic heterocycles. The highest BCUT2D eigenvalue weighted by Gasteiger charge is 2.39. The van der Waals surface area contributed by atoms with Gasteiger partial charge in [0.05, 0.1) is 11.4 Å². The van der Waals surface area contributed by atoms with Crippen LogP contribution in [0, 0.1) is 5.92 Å². The van der Waals surface area contributed by atoms with E-state index in [0.717, 1.165) is 31.1 Å². The Hall–Kier alpha value is -2.82. The van der Waals surface area contributed by atoms with Crippen LogP contribution < -0.4 is 5.32 Å². The van der Waals surface area contributed by atoms with Crippen molar-refractivity contribution in [1.82, 2.24) is 14.2 Å². The number of carbonyl (C=O) groups is 2. The van der Waals surface area contributed by atoms with Gasteiger partial charge in [0.15, 0.2) is 5.13 Å². The van der Waals surface area contributed by atoms with Gasteiger partial charge in [-0.25, -0.2) is 13.4 Å². The number of nitrogens with one attached hydrogen (secondary N) is 1. The number of anilines is 1. The largest absolute Gasteiger partial charge is 0.328 e. The summed E-state index contributed by atoms with van der Waals surface area (Å²) in [5.41, 5.74) is 0. The van der Waals surface area contributed by atoms with Gasteiger partial charge in [-0.2, -0.15) is 4.31 Å². The number of rotatable bonds is 7. The lowest BCUT2D eigenvalue weighted by Crippen LogP contribution is -2.58. The van der Waals surface area contributed by atoms with Gasteiger partial charge in [-0.3, -0.25) is 9.59 Å². The van der Waals surface area contributed by atoms with Crippen LogP contribution in [-0.2, 0) is 19.6 Å². The zero-order valence-corrected chi connectivity index (χ0v) is 21.6. The van der Waals surface area contributed by atoms with Gasteiger partial charge in [-0.15, -0.1) is 11.3 Å². The van der Waals surface area contributed by atoms with Crippen LogP contribution in [0.1, 0.15) is 38.5 Å². The first-order chi connectivity index (χ1) is 17.4. The van der Waals surface area contributed by atoms with E-state index in [1.807, 2.05) is 18.2 Å². The van der Waals surface area contributed by atoms with Gasteiger partial charge < -0.3 is 10.2 Å². The second-order valence-electron chi connectivity index (χ2n) is 9.49. The summed E-state index contributed by atoms with van der Waals surface area (Å²) in [4.78, 5) is 32.6. The molecule has 1 N–H and O–H groups in total. The monoisotopic (exact) mass is 526 g/mol. The van der Waals surface area contributed by atoms with Crippen molar-refractivity contribution in [1.29, 1.82) is 0 Å². The van der Waals surface area contributed by atoms with Crippen LogP contribution in [0.25, 0.3) is 10.8 Å². The number of fused-ring (bicyclic) bond motifs is 1. The molecule has 10 heteroatoms. The number of carbonyl (C=O) groups excluding carboxylic acids is 2. The molecular formula is C26H30N4O4S2. The molecular weight excluding hydrogens is 496 g/mol. The molecule has 1 saturated heterocycles. The van der Waals surface area contributed by atoms with Crippen molar-refractivity contribution in [2.75, 3.05) is 25.0 Å². The fraction of sp³-hybridized carbons (Fsp3) is 0.423. The van der Waals surface area contributed by atoms with Crippen LogP contribution in [0.2, 0.25) is 0 Å². The van der Waals surface area contributed by atoms with E-state index in [1.54, 1.807) is 40.7 Å². The highest BCUT2D eigenvalue weighted by molar-refractivity contribution is 7.89. The summed E-state index contributed by atoms with van der Waals surface area (Å²) in [5, 5.41) is 6.60. The number of amides is 2. The molecule has 1 unspecified atom stereocenters. The minimum absolute atomic E-state index is 0.142. The Morgan fingerprint density at radius 1 is 1.08 bits per heavy atom. The SMILES string of the molecule is O=C(Nc1nccs1)C(CC1CCCCC1)N1CCN(S(=O)(=O)c2cccc3ccccc23)CC1=O. The Bertz CT molecular complexity index is 1330. The van der Waals surface area contributed by atoms with Crippen LogP contribution in [0.3, 0.4) is 0 Å². The van der Waals surface area contributed by atoms with Crippen molar-refractivity contribution in [2.24, 2.45) is 5.92 Å². The Morgan fingerprint density at radius 3 is 2.61 bits per heavy atom. The fourth-order valence-electron chi connectivity index (χ4n) is 5.35. The number of aromatic nitrogens is 1. The summed E-state index contributed by atoms with van der Waals surface area (Å²) in [7, 11) is -3.88. The van der Waals surface area contributed by atoms with E-state index in [1.165, 1.54) is 22.1 Å². The Labute approximate surface area is 215 Å². The van der Waals surface area contributed by atoms with E-state index in [0.29, 0.717) is 22.9 Å². The molecule has 2 fully saturated rings. The summed E-state index contributed by atoms with van der Waals surface area (Å²) in [6, 6.07) is 11.8. The van der Waals surface area contributed by atoms with E-state index in [9.17, 15) is 18.0 Å².